The van der Waals surface area contributed by atoms with E-state index in [1.165, 1.54) is 0 Å². The summed E-state index contributed by atoms with van der Waals surface area (Å²) in [6, 6.07) is 5.94. The van der Waals surface area contributed by atoms with Crippen molar-refractivity contribution >= 4 is 12.4 Å². The summed E-state index contributed by atoms with van der Waals surface area (Å²) in [5.74, 6) is 1.46. The van der Waals surface area contributed by atoms with E-state index in [9.17, 15) is 0 Å². The Kier molecular flexibility index (Phi) is 9.90. The predicted octanol–water partition coefficient (Wildman–Crippen LogP) is 2.71. The zero-order chi connectivity index (χ0) is 14.1. The molecule has 0 heterocycles. The van der Waals surface area contributed by atoms with Crippen molar-refractivity contribution in [3.8, 4) is 11.5 Å². The van der Waals surface area contributed by atoms with Crippen LogP contribution in [0.1, 0.15) is 24.4 Å². The SMILES string of the molecule is C=CCC(NCCCO)c1cccc(OC)c1OC.Cl. The maximum Gasteiger partial charge on any atom is 0.165 e. The number of aliphatic hydroxyl groups is 1. The van der Waals surface area contributed by atoms with Crippen LogP contribution in [0.3, 0.4) is 0 Å². The van der Waals surface area contributed by atoms with Crippen LogP contribution >= 0.6 is 12.4 Å². The molecule has 4 nitrogen and oxygen atoms in total. The third-order valence-electron chi connectivity index (χ3n) is 2.94. The molecule has 0 spiro atoms. The first-order valence-corrected chi connectivity index (χ1v) is 6.44. The minimum absolute atomic E-state index is 0. The van der Waals surface area contributed by atoms with Crippen LogP contribution in [0, 0.1) is 0 Å². The van der Waals surface area contributed by atoms with Crippen molar-refractivity contribution in [3.05, 3.63) is 36.4 Å². The summed E-state index contributed by atoms with van der Waals surface area (Å²) in [7, 11) is 3.27. The minimum atomic E-state index is 0. The van der Waals surface area contributed by atoms with Crippen molar-refractivity contribution in [2.45, 2.75) is 18.9 Å². The normalized spacial score (nSPS) is 11.3. The number of benzene rings is 1. The fraction of sp³-hybridized carbons (Fsp3) is 0.467. The Hall–Kier alpha value is -1.23. The van der Waals surface area contributed by atoms with Crippen LogP contribution in [-0.4, -0.2) is 32.5 Å². The lowest BCUT2D eigenvalue weighted by Crippen LogP contribution is -2.23. The van der Waals surface area contributed by atoms with E-state index in [2.05, 4.69) is 11.9 Å². The number of hydrogen-bond acceptors (Lipinski definition) is 4. The second-order valence-corrected chi connectivity index (χ2v) is 4.19. The van der Waals surface area contributed by atoms with Crippen LogP contribution in [0.4, 0.5) is 0 Å². The number of halogens is 1. The molecule has 0 aliphatic heterocycles. The lowest BCUT2D eigenvalue weighted by molar-refractivity contribution is 0.282. The molecule has 0 aromatic heterocycles. The number of nitrogens with one attached hydrogen (secondary N) is 1. The molecular formula is C15H24ClNO3. The monoisotopic (exact) mass is 301 g/mol. The fourth-order valence-corrected chi connectivity index (χ4v) is 2.03. The molecular weight excluding hydrogens is 278 g/mol. The maximum absolute atomic E-state index is 8.86. The predicted molar refractivity (Wildman–Crippen MR) is 84.1 cm³/mol. The van der Waals surface area contributed by atoms with E-state index in [0.29, 0.717) is 0 Å². The van der Waals surface area contributed by atoms with Gasteiger partial charge >= 0.3 is 0 Å². The van der Waals surface area contributed by atoms with Gasteiger partial charge in [-0.15, -0.1) is 19.0 Å². The summed E-state index contributed by atoms with van der Waals surface area (Å²) < 4.78 is 10.8. The first-order valence-electron chi connectivity index (χ1n) is 6.44. The number of ether oxygens (including phenoxy) is 2. The average Bonchev–Trinajstić information content (AvgIpc) is 2.45. The molecule has 1 aromatic carbocycles. The highest BCUT2D eigenvalue weighted by molar-refractivity contribution is 5.85. The molecule has 0 amide bonds. The Labute approximate surface area is 127 Å². The van der Waals surface area contributed by atoms with Crippen LogP contribution in [0.25, 0.3) is 0 Å². The van der Waals surface area contributed by atoms with Gasteiger partial charge in [0.15, 0.2) is 11.5 Å². The second kappa shape index (κ2) is 10.5. The number of aliphatic hydroxyl groups excluding tert-OH is 1. The van der Waals surface area contributed by atoms with Crippen molar-refractivity contribution < 1.29 is 14.6 Å². The quantitative estimate of drug-likeness (QED) is 0.544. The van der Waals surface area contributed by atoms with Crippen molar-refractivity contribution in [1.82, 2.24) is 5.32 Å². The molecule has 0 bridgehead atoms. The Morgan fingerprint density at radius 1 is 1.35 bits per heavy atom. The highest BCUT2D eigenvalue weighted by Crippen LogP contribution is 2.35. The second-order valence-electron chi connectivity index (χ2n) is 4.19. The number of methoxy groups -OCH3 is 2. The molecule has 20 heavy (non-hydrogen) atoms. The van der Waals surface area contributed by atoms with Gasteiger partial charge in [0.2, 0.25) is 0 Å². The molecule has 2 N–H and O–H groups in total. The molecule has 0 saturated carbocycles. The molecule has 5 heteroatoms. The molecule has 114 valence electrons. The maximum atomic E-state index is 8.86. The van der Waals surface area contributed by atoms with Gasteiger partial charge in [0.1, 0.15) is 0 Å². The summed E-state index contributed by atoms with van der Waals surface area (Å²) >= 11 is 0. The molecule has 1 rings (SSSR count). The van der Waals surface area contributed by atoms with Gasteiger partial charge in [0.05, 0.1) is 14.2 Å². The van der Waals surface area contributed by atoms with E-state index >= 15 is 0 Å². The number of rotatable bonds is 9. The Morgan fingerprint density at radius 3 is 2.65 bits per heavy atom. The van der Waals surface area contributed by atoms with Crippen molar-refractivity contribution in [1.29, 1.82) is 0 Å². The van der Waals surface area contributed by atoms with E-state index in [1.54, 1.807) is 14.2 Å². The molecule has 0 aliphatic carbocycles. The Bertz CT molecular complexity index is 399. The molecule has 1 atom stereocenters. The lowest BCUT2D eigenvalue weighted by Gasteiger charge is -2.21. The van der Waals surface area contributed by atoms with Gasteiger partial charge in [-0.1, -0.05) is 18.2 Å². The minimum Gasteiger partial charge on any atom is -0.493 e. The van der Waals surface area contributed by atoms with Crippen LogP contribution in [0.15, 0.2) is 30.9 Å². The molecule has 0 aliphatic rings. The third-order valence-corrected chi connectivity index (χ3v) is 2.94. The number of hydrogen-bond donors (Lipinski definition) is 2. The van der Waals surface area contributed by atoms with Crippen LogP contribution in [0.5, 0.6) is 11.5 Å². The van der Waals surface area contributed by atoms with Crippen LogP contribution < -0.4 is 14.8 Å². The molecule has 1 unspecified atom stereocenters. The van der Waals surface area contributed by atoms with Gasteiger partial charge in [-0.2, -0.15) is 0 Å². The first-order chi connectivity index (χ1) is 9.28. The van der Waals surface area contributed by atoms with E-state index in [1.807, 2.05) is 24.3 Å². The fourth-order valence-electron chi connectivity index (χ4n) is 2.03. The third kappa shape index (κ3) is 5.04. The molecule has 0 radical (unpaired) electrons. The highest BCUT2D eigenvalue weighted by atomic mass is 35.5. The average molecular weight is 302 g/mol. The standard InChI is InChI=1S/C15H23NO3.ClH/c1-4-7-13(16-10-6-11-17)12-8-5-9-14(18-2)15(12)19-3;/h4-5,8-9,13,16-17H,1,6-7,10-11H2,2-3H3;1H. The highest BCUT2D eigenvalue weighted by Gasteiger charge is 2.17. The zero-order valence-electron chi connectivity index (χ0n) is 12.1. The van der Waals surface area contributed by atoms with E-state index < -0.39 is 0 Å². The van der Waals surface area contributed by atoms with E-state index in [4.69, 9.17) is 14.6 Å². The van der Waals surface area contributed by atoms with E-state index in [0.717, 1.165) is 36.4 Å². The smallest absolute Gasteiger partial charge is 0.165 e. The van der Waals surface area contributed by atoms with Gasteiger partial charge in [-0.05, 0) is 25.5 Å². The number of para-hydroxylation sites is 1. The zero-order valence-corrected chi connectivity index (χ0v) is 12.9. The summed E-state index contributed by atoms with van der Waals surface area (Å²) in [5, 5.41) is 12.3. The lowest BCUT2D eigenvalue weighted by atomic mass is 10.0. The molecule has 1 aromatic rings. The topological polar surface area (TPSA) is 50.7 Å². The molecule has 0 fully saturated rings. The van der Waals surface area contributed by atoms with Gasteiger partial charge in [-0.25, -0.2) is 0 Å². The summed E-state index contributed by atoms with van der Waals surface area (Å²) in [5.41, 5.74) is 1.04. The summed E-state index contributed by atoms with van der Waals surface area (Å²) in [6.45, 7) is 4.72. The summed E-state index contributed by atoms with van der Waals surface area (Å²) in [4.78, 5) is 0. The summed E-state index contributed by atoms with van der Waals surface area (Å²) in [6.07, 6.45) is 3.38. The van der Waals surface area contributed by atoms with Crippen LogP contribution in [-0.2, 0) is 0 Å². The van der Waals surface area contributed by atoms with Gasteiger partial charge in [0, 0.05) is 18.2 Å². The van der Waals surface area contributed by atoms with Crippen LogP contribution in [0.2, 0.25) is 0 Å². The molecule has 0 saturated heterocycles. The van der Waals surface area contributed by atoms with Crippen molar-refractivity contribution in [2.75, 3.05) is 27.4 Å². The Balaban J connectivity index is 0.00000361. The van der Waals surface area contributed by atoms with Gasteiger partial charge < -0.3 is 19.9 Å². The van der Waals surface area contributed by atoms with Gasteiger partial charge in [0.25, 0.3) is 0 Å². The largest absolute Gasteiger partial charge is 0.493 e. The van der Waals surface area contributed by atoms with E-state index in [-0.39, 0.29) is 25.1 Å². The van der Waals surface area contributed by atoms with Crippen molar-refractivity contribution in [2.24, 2.45) is 0 Å². The first kappa shape index (κ1) is 18.8. The Morgan fingerprint density at radius 2 is 2.10 bits per heavy atom. The van der Waals surface area contributed by atoms with Crippen molar-refractivity contribution in [3.63, 3.8) is 0 Å². The van der Waals surface area contributed by atoms with Gasteiger partial charge in [-0.3, -0.25) is 0 Å².